The molecule has 188 valence electrons. The number of aryl methyl sites for hydroxylation is 2. The number of benzene rings is 3. The van der Waals surface area contributed by atoms with Crippen LogP contribution >= 0.6 is 11.3 Å². The number of para-hydroxylation sites is 1. The molecular weight excluding hydrogens is 490 g/mol. The molecule has 3 aromatic carbocycles. The number of hydrogen-bond acceptors (Lipinski definition) is 6. The number of nitrogens with two attached hydrogens (primary N) is 1. The first-order valence-corrected chi connectivity index (χ1v) is 13.2. The van der Waals surface area contributed by atoms with Crippen LogP contribution < -0.4 is 16.4 Å². The quantitative estimate of drug-likeness (QED) is 0.222. The summed E-state index contributed by atoms with van der Waals surface area (Å²) < 4.78 is 0.740. The average Bonchev–Trinajstić information content (AvgIpc) is 3.27. The molecule has 0 radical (unpaired) electrons. The summed E-state index contributed by atoms with van der Waals surface area (Å²) in [5.41, 5.74) is 13.3. The van der Waals surface area contributed by atoms with Crippen LogP contribution in [0.25, 0.3) is 21.3 Å². The highest BCUT2D eigenvalue weighted by molar-refractivity contribution is 7.24. The smallest absolute Gasteiger partial charge is 0.256 e. The van der Waals surface area contributed by atoms with Crippen LogP contribution in [0.4, 0.5) is 16.5 Å². The summed E-state index contributed by atoms with van der Waals surface area (Å²) in [6.45, 7) is 4.50. The van der Waals surface area contributed by atoms with E-state index in [1.807, 2.05) is 92.7 Å². The number of fused-ring (bicyclic) bond motifs is 1. The summed E-state index contributed by atoms with van der Waals surface area (Å²) in [4.78, 5) is 18.3. The molecule has 38 heavy (non-hydrogen) atoms. The second-order valence-corrected chi connectivity index (χ2v) is 10.2. The number of pyridine rings is 1. The van der Waals surface area contributed by atoms with Crippen LogP contribution in [0, 0.1) is 25.2 Å². The first-order valence-electron chi connectivity index (χ1n) is 12.3. The molecule has 7 heteroatoms. The lowest BCUT2D eigenvalue weighted by Crippen LogP contribution is -2.26. The summed E-state index contributed by atoms with van der Waals surface area (Å²) in [6.07, 6.45) is 0.706. The molecule has 0 aliphatic rings. The lowest BCUT2D eigenvalue weighted by atomic mass is 9.99. The molecule has 0 fully saturated rings. The van der Waals surface area contributed by atoms with E-state index in [9.17, 15) is 10.1 Å². The molecule has 0 aliphatic heterocycles. The maximum atomic E-state index is 13.7. The first kappa shape index (κ1) is 25.0. The van der Waals surface area contributed by atoms with Crippen LogP contribution in [0.15, 0.2) is 78.9 Å². The molecule has 5 aromatic rings. The zero-order valence-electron chi connectivity index (χ0n) is 21.2. The Bertz CT molecular complexity index is 1670. The van der Waals surface area contributed by atoms with Gasteiger partial charge in [-0.05, 0) is 43.0 Å². The van der Waals surface area contributed by atoms with E-state index in [0.717, 1.165) is 32.6 Å². The summed E-state index contributed by atoms with van der Waals surface area (Å²) >= 11 is 1.41. The normalized spacial score (nSPS) is 10.8. The van der Waals surface area contributed by atoms with Gasteiger partial charge in [-0.3, -0.25) is 4.79 Å². The average molecular weight is 518 g/mol. The Balaban J connectivity index is 1.64. The third-order valence-electron chi connectivity index (χ3n) is 6.46. The number of nitrogens with zero attached hydrogens (tertiary/aromatic N) is 2. The van der Waals surface area contributed by atoms with Gasteiger partial charge < -0.3 is 16.4 Å². The van der Waals surface area contributed by atoms with Crippen LogP contribution in [0.1, 0.15) is 32.6 Å². The molecule has 0 saturated carbocycles. The second-order valence-electron chi connectivity index (χ2n) is 9.14. The van der Waals surface area contributed by atoms with E-state index in [1.54, 1.807) is 0 Å². The molecule has 0 spiro atoms. The van der Waals surface area contributed by atoms with Crippen molar-refractivity contribution in [2.75, 3.05) is 17.6 Å². The summed E-state index contributed by atoms with van der Waals surface area (Å²) in [7, 11) is 0. The van der Waals surface area contributed by atoms with Gasteiger partial charge >= 0.3 is 0 Å². The Kier molecular flexibility index (Phi) is 7.07. The molecule has 5 rings (SSSR count). The number of nitrogens with one attached hydrogen (secondary N) is 2. The number of amides is 1. The monoisotopic (exact) mass is 517 g/mol. The van der Waals surface area contributed by atoms with Gasteiger partial charge in [-0.25, -0.2) is 4.98 Å². The van der Waals surface area contributed by atoms with Crippen molar-refractivity contribution in [3.8, 4) is 17.2 Å². The Hall–Kier alpha value is -4.67. The number of nitriles is 1. The SMILES string of the molecule is Cc1ccc(-c2c(C#N)c(N)nc3c(C(=O)NCCc4ccccc4)c(Nc4ccccc4C)sc23)cc1. The molecule has 0 bridgehead atoms. The first-order chi connectivity index (χ1) is 18.5. The number of nitrogen functional groups attached to an aromatic ring is 1. The van der Waals surface area contributed by atoms with Crippen LogP contribution in [0.5, 0.6) is 0 Å². The molecule has 0 aliphatic carbocycles. The highest BCUT2D eigenvalue weighted by Gasteiger charge is 2.26. The van der Waals surface area contributed by atoms with Gasteiger partial charge in [0.25, 0.3) is 5.91 Å². The molecule has 2 heterocycles. The third-order valence-corrected chi connectivity index (χ3v) is 7.57. The van der Waals surface area contributed by atoms with E-state index in [1.165, 1.54) is 11.3 Å². The fourth-order valence-electron chi connectivity index (χ4n) is 4.41. The van der Waals surface area contributed by atoms with Gasteiger partial charge in [-0.1, -0.05) is 78.4 Å². The van der Waals surface area contributed by atoms with E-state index in [0.29, 0.717) is 40.2 Å². The zero-order chi connectivity index (χ0) is 26.6. The standard InChI is InChI=1S/C31H27N5OS/c1-19-12-14-22(15-13-19)25-23(18-32)29(33)36-27-26(30(37)34-17-16-21-9-4-3-5-10-21)31(38-28(25)27)35-24-11-7-6-8-20(24)2/h3-15,35H,16-17H2,1-2H3,(H2,33,36)(H,34,37). The predicted molar refractivity (Wildman–Crippen MR) is 156 cm³/mol. The number of aromatic nitrogens is 1. The van der Waals surface area contributed by atoms with Crippen molar-refractivity contribution in [1.82, 2.24) is 10.3 Å². The largest absolute Gasteiger partial charge is 0.383 e. The molecule has 1 amide bonds. The van der Waals surface area contributed by atoms with Crippen LogP contribution in [0.3, 0.4) is 0 Å². The van der Waals surface area contributed by atoms with Crippen LogP contribution in [-0.2, 0) is 6.42 Å². The number of anilines is 3. The van der Waals surface area contributed by atoms with Gasteiger partial charge in [0.15, 0.2) is 0 Å². The van der Waals surface area contributed by atoms with Crippen molar-refractivity contribution in [3.63, 3.8) is 0 Å². The Morgan fingerprint density at radius 1 is 1.00 bits per heavy atom. The highest BCUT2D eigenvalue weighted by Crippen LogP contribution is 2.44. The van der Waals surface area contributed by atoms with Gasteiger partial charge in [0.05, 0.1) is 10.2 Å². The van der Waals surface area contributed by atoms with Crippen molar-refractivity contribution in [2.45, 2.75) is 20.3 Å². The Morgan fingerprint density at radius 2 is 1.71 bits per heavy atom. The van der Waals surface area contributed by atoms with E-state index in [4.69, 9.17) is 5.73 Å². The van der Waals surface area contributed by atoms with Crippen molar-refractivity contribution in [1.29, 1.82) is 5.26 Å². The minimum absolute atomic E-state index is 0.106. The van der Waals surface area contributed by atoms with Crippen LogP contribution in [-0.4, -0.2) is 17.4 Å². The summed E-state index contributed by atoms with van der Waals surface area (Å²) in [6, 6.07) is 28.1. The molecule has 0 saturated heterocycles. The molecule has 4 N–H and O–H groups in total. The van der Waals surface area contributed by atoms with E-state index < -0.39 is 0 Å². The fourth-order valence-corrected chi connectivity index (χ4v) is 5.64. The highest BCUT2D eigenvalue weighted by atomic mass is 32.1. The Morgan fingerprint density at radius 3 is 2.42 bits per heavy atom. The number of carbonyl (C=O) groups is 1. The van der Waals surface area contributed by atoms with Gasteiger partial charge in [-0.2, -0.15) is 5.26 Å². The van der Waals surface area contributed by atoms with Crippen LogP contribution in [0.2, 0.25) is 0 Å². The lowest BCUT2D eigenvalue weighted by Gasteiger charge is -2.11. The van der Waals surface area contributed by atoms with Gasteiger partial charge in [0.1, 0.15) is 28.0 Å². The fraction of sp³-hybridized carbons (Fsp3) is 0.129. The zero-order valence-corrected chi connectivity index (χ0v) is 22.0. The predicted octanol–water partition coefficient (Wildman–Crippen LogP) is 6.75. The topological polar surface area (TPSA) is 104 Å². The van der Waals surface area contributed by atoms with E-state index >= 15 is 0 Å². The summed E-state index contributed by atoms with van der Waals surface area (Å²) in [5, 5.41) is 17.2. The molecular formula is C31H27N5OS. The van der Waals surface area contributed by atoms with Crippen molar-refractivity contribution < 1.29 is 4.79 Å². The van der Waals surface area contributed by atoms with Crippen molar-refractivity contribution >= 4 is 44.0 Å². The Labute approximate surface area is 225 Å². The van der Waals surface area contributed by atoms with Crippen molar-refractivity contribution in [2.24, 2.45) is 0 Å². The molecule has 0 unspecified atom stereocenters. The van der Waals surface area contributed by atoms with E-state index in [-0.39, 0.29) is 11.7 Å². The minimum atomic E-state index is -0.241. The molecule has 2 aromatic heterocycles. The molecule has 0 atom stereocenters. The van der Waals surface area contributed by atoms with Crippen molar-refractivity contribution in [3.05, 3.63) is 107 Å². The third kappa shape index (κ3) is 4.95. The van der Waals surface area contributed by atoms with E-state index in [2.05, 4.69) is 21.7 Å². The van der Waals surface area contributed by atoms with Gasteiger partial charge in [0, 0.05) is 17.8 Å². The number of rotatable bonds is 7. The number of carbonyl (C=O) groups excluding carboxylic acids is 1. The maximum absolute atomic E-state index is 13.7. The minimum Gasteiger partial charge on any atom is -0.383 e. The number of hydrogen-bond donors (Lipinski definition) is 3. The number of thiophene rings is 1. The summed E-state index contributed by atoms with van der Waals surface area (Å²) in [5.74, 6) is -0.135. The lowest BCUT2D eigenvalue weighted by molar-refractivity contribution is 0.0956. The van der Waals surface area contributed by atoms with Gasteiger partial charge in [0.2, 0.25) is 0 Å². The second kappa shape index (κ2) is 10.8. The maximum Gasteiger partial charge on any atom is 0.256 e. The van der Waals surface area contributed by atoms with Gasteiger partial charge in [-0.15, -0.1) is 11.3 Å². The molecule has 6 nitrogen and oxygen atoms in total.